The summed E-state index contributed by atoms with van der Waals surface area (Å²) in [5.74, 6) is -2.15. The number of likely N-dealkylation sites (tertiary alicyclic amines) is 1. The first kappa shape index (κ1) is 25.5. The third-order valence-corrected chi connectivity index (χ3v) is 7.00. The van der Waals surface area contributed by atoms with Gasteiger partial charge in [0.25, 0.3) is 11.1 Å². The van der Waals surface area contributed by atoms with Crippen LogP contribution in [0.4, 0.5) is 13.6 Å². The van der Waals surface area contributed by atoms with Gasteiger partial charge in [0.15, 0.2) is 0 Å². The highest BCUT2D eigenvalue weighted by atomic mass is 32.2. The minimum Gasteiger partial charge on any atom is -0.435 e. The van der Waals surface area contributed by atoms with Gasteiger partial charge in [0.05, 0.1) is 16.7 Å². The fourth-order valence-corrected chi connectivity index (χ4v) is 5.15. The molecule has 2 heterocycles. The van der Waals surface area contributed by atoms with E-state index >= 15 is 0 Å². The highest BCUT2D eigenvalue weighted by Gasteiger charge is 2.46. The number of nitrogens with one attached hydrogen (secondary N) is 1. The molecule has 1 aromatic carbocycles. The number of carbonyl (C=O) groups excluding carboxylic acids is 5. The second kappa shape index (κ2) is 11.0. The predicted molar refractivity (Wildman–Crippen MR) is 125 cm³/mol. The smallest absolute Gasteiger partial charge is 0.387 e. The minimum absolute atomic E-state index is 0.0119. The first-order valence-corrected chi connectivity index (χ1v) is 12.1. The standard InChI is InChI=1S/C24H23F2N3O6S/c25-23(26)35-15-7-5-14(6-8-15)13-18-22(33)29(24(34)36-18)12-10-27-19(30)9-11-28-20(31)16-3-1-2-4-17(16)21(28)32/h1-2,5-8,13,16-17,23H,3-4,9-12H2,(H,27,30)/b18-13-. The van der Waals surface area contributed by atoms with Gasteiger partial charge in [-0.3, -0.25) is 33.8 Å². The van der Waals surface area contributed by atoms with Crippen LogP contribution < -0.4 is 10.1 Å². The van der Waals surface area contributed by atoms with Gasteiger partial charge < -0.3 is 10.1 Å². The van der Waals surface area contributed by atoms with Crippen molar-refractivity contribution in [2.24, 2.45) is 11.8 Å². The molecule has 5 amide bonds. The number of allylic oxidation sites excluding steroid dienone is 2. The Morgan fingerprint density at radius 1 is 1.03 bits per heavy atom. The summed E-state index contributed by atoms with van der Waals surface area (Å²) >= 11 is 0.735. The first-order valence-electron chi connectivity index (χ1n) is 11.3. The van der Waals surface area contributed by atoms with Crippen molar-refractivity contribution >= 4 is 46.7 Å². The van der Waals surface area contributed by atoms with Gasteiger partial charge in [0.1, 0.15) is 5.75 Å². The molecular weight excluding hydrogens is 496 g/mol. The van der Waals surface area contributed by atoms with Crippen molar-refractivity contribution in [3.05, 3.63) is 46.9 Å². The normalized spacial score (nSPS) is 22.7. The van der Waals surface area contributed by atoms with Crippen LogP contribution in [0, 0.1) is 11.8 Å². The number of fused-ring (bicyclic) bond motifs is 1. The van der Waals surface area contributed by atoms with Gasteiger partial charge in [-0.1, -0.05) is 24.3 Å². The monoisotopic (exact) mass is 519 g/mol. The lowest BCUT2D eigenvalue weighted by atomic mass is 9.85. The summed E-state index contributed by atoms with van der Waals surface area (Å²) in [6, 6.07) is 5.61. The summed E-state index contributed by atoms with van der Waals surface area (Å²) in [4.78, 5) is 64.3. The van der Waals surface area contributed by atoms with Crippen molar-refractivity contribution in [1.82, 2.24) is 15.1 Å². The number of alkyl halides is 2. The lowest BCUT2D eigenvalue weighted by Crippen LogP contribution is -2.39. The number of thioether (sulfide) groups is 1. The fourth-order valence-electron chi connectivity index (χ4n) is 4.29. The molecule has 1 aliphatic carbocycles. The molecule has 2 atom stereocenters. The van der Waals surface area contributed by atoms with E-state index in [9.17, 15) is 32.8 Å². The van der Waals surface area contributed by atoms with Crippen molar-refractivity contribution in [2.45, 2.75) is 25.9 Å². The highest BCUT2D eigenvalue weighted by molar-refractivity contribution is 8.18. The quantitative estimate of drug-likeness (QED) is 0.303. The fraction of sp³-hybridized carbons (Fsp3) is 0.375. The predicted octanol–water partition coefficient (Wildman–Crippen LogP) is 2.78. The van der Waals surface area contributed by atoms with Gasteiger partial charge in [-0.2, -0.15) is 8.78 Å². The van der Waals surface area contributed by atoms with E-state index in [-0.39, 0.29) is 60.4 Å². The number of hydrogen-bond donors (Lipinski definition) is 1. The third-order valence-electron chi connectivity index (χ3n) is 6.10. The molecule has 0 saturated carbocycles. The van der Waals surface area contributed by atoms with Crippen molar-refractivity contribution in [3.8, 4) is 5.75 Å². The Morgan fingerprint density at radius 2 is 1.67 bits per heavy atom. The van der Waals surface area contributed by atoms with Gasteiger partial charge in [-0.25, -0.2) is 0 Å². The van der Waals surface area contributed by atoms with Crippen LogP contribution >= 0.6 is 11.8 Å². The molecule has 2 aliphatic heterocycles. The molecule has 0 radical (unpaired) electrons. The van der Waals surface area contributed by atoms with Crippen LogP contribution in [0.2, 0.25) is 0 Å². The van der Waals surface area contributed by atoms with E-state index in [0.717, 1.165) is 21.6 Å². The lowest BCUT2D eigenvalue weighted by molar-refractivity contribution is -0.140. The van der Waals surface area contributed by atoms with Crippen molar-refractivity contribution in [3.63, 3.8) is 0 Å². The Morgan fingerprint density at radius 3 is 2.28 bits per heavy atom. The van der Waals surface area contributed by atoms with Crippen LogP contribution in [0.15, 0.2) is 41.3 Å². The van der Waals surface area contributed by atoms with E-state index < -0.39 is 23.7 Å². The minimum atomic E-state index is -2.94. The van der Waals surface area contributed by atoms with E-state index in [0.29, 0.717) is 18.4 Å². The van der Waals surface area contributed by atoms with Crippen LogP contribution in [0.25, 0.3) is 6.08 Å². The number of amides is 5. The maximum absolute atomic E-state index is 12.6. The molecule has 2 fully saturated rings. The zero-order valence-corrected chi connectivity index (χ0v) is 19.8. The van der Waals surface area contributed by atoms with Crippen molar-refractivity contribution in [2.75, 3.05) is 19.6 Å². The molecule has 2 saturated heterocycles. The first-order chi connectivity index (χ1) is 17.2. The molecule has 3 aliphatic rings. The summed E-state index contributed by atoms with van der Waals surface area (Å²) in [5.41, 5.74) is 0.525. The summed E-state index contributed by atoms with van der Waals surface area (Å²) in [6.07, 6.45) is 6.24. The van der Waals surface area contributed by atoms with Gasteiger partial charge in [-0.15, -0.1) is 0 Å². The lowest BCUT2D eigenvalue weighted by Gasteiger charge is -2.15. The Labute approximate surface area is 209 Å². The van der Waals surface area contributed by atoms with Gasteiger partial charge >= 0.3 is 6.61 Å². The van der Waals surface area contributed by atoms with Crippen LogP contribution in [-0.4, -0.2) is 64.9 Å². The van der Waals surface area contributed by atoms with E-state index in [1.165, 1.54) is 30.3 Å². The number of hydrogen-bond acceptors (Lipinski definition) is 7. The van der Waals surface area contributed by atoms with Crippen LogP contribution in [0.5, 0.6) is 5.75 Å². The summed E-state index contributed by atoms with van der Waals surface area (Å²) in [5, 5.41) is 2.11. The zero-order chi connectivity index (χ0) is 25.8. The average molecular weight is 520 g/mol. The number of halogens is 2. The Balaban J connectivity index is 1.23. The molecule has 0 bridgehead atoms. The Hall–Kier alpha value is -3.54. The maximum atomic E-state index is 12.6. The zero-order valence-electron chi connectivity index (χ0n) is 19.0. The molecule has 9 nitrogen and oxygen atoms in total. The van der Waals surface area contributed by atoms with Gasteiger partial charge in [0.2, 0.25) is 17.7 Å². The number of ether oxygens (including phenoxy) is 1. The second-order valence-electron chi connectivity index (χ2n) is 8.36. The number of benzene rings is 1. The topological polar surface area (TPSA) is 113 Å². The summed E-state index contributed by atoms with van der Waals surface area (Å²) < 4.78 is 28.8. The van der Waals surface area contributed by atoms with Crippen molar-refractivity contribution < 1.29 is 37.5 Å². The largest absolute Gasteiger partial charge is 0.435 e. The number of nitrogens with zero attached hydrogens (tertiary/aromatic N) is 2. The molecule has 4 rings (SSSR count). The summed E-state index contributed by atoms with van der Waals surface area (Å²) in [6.45, 7) is -2.99. The molecule has 36 heavy (non-hydrogen) atoms. The number of carbonyl (C=O) groups is 5. The van der Waals surface area contributed by atoms with E-state index in [1.807, 2.05) is 12.2 Å². The average Bonchev–Trinajstić information content (AvgIpc) is 3.25. The molecule has 0 aromatic heterocycles. The Bertz CT molecular complexity index is 1110. The second-order valence-corrected chi connectivity index (χ2v) is 9.36. The van der Waals surface area contributed by atoms with E-state index in [2.05, 4.69) is 10.1 Å². The van der Waals surface area contributed by atoms with Gasteiger partial charge in [-0.05, 0) is 48.4 Å². The Kier molecular flexibility index (Phi) is 7.82. The molecular formula is C24H23F2N3O6S. The highest BCUT2D eigenvalue weighted by Crippen LogP contribution is 2.35. The van der Waals surface area contributed by atoms with E-state index in [1.54, 1.807) is 0 Å². The van der Waals surface area contributed by atoms with E-state index in [4.69, 9.17) is 0 Å². The number of rotatable bonds is 9. The summed E-state index contributed by atoms with van der Waals surface area (Å²) in [7, 11) is 0. The van der Waals surface area contributed by atoms with Crippen molar-refractivity contribution in [1.29, 1.82) is 0 Å². The van der Waals surface area contributed by atoms with Gasteiger partial charge in [0, 0.05) is 26.1 Å². The molecule has 0 spiro atoms. The molecule has 1 aromatic rings. The van der Waals surface area contributed by atoms with Crippen LogP contribution in [0.1, 0.15) is 24.8 Å². The SMILES string of the molecule is O=C(CCN1C(=O)C2CC=CCC2C1=O)NCCN1C(=O)S/C(=C\c2ccc(OC(F)F)cc2)C1=O. The molecule has 12 heteroatoms. The molecule has 2 unspecified atom stereocenters. The maximum Gasteiger partial charge on any atom is 0.387 e. The third kappa shape index (κ3) is 5.64. The number of imide groups is 2. The van der Waals surface area contributed by atoms with Crippen LogP contribution in [0.3, 0.4) is 0 Å². The molecule has 1 N–H and O–H groups in total. The molecule has 190 valence electrons. The van der Waals surface area contributed by atoms with Crippen LogP contribution in [-0.2, 0) is 19.2 Å².